The average Bonchev–Trinajstić information content (AvgIpc) is 2.44. The van der Waals surface area contributed by atoms with Crippen molar-refractivity contribution in [1.82, 2.24) is 5.32 Å². The fourth-order valence-electron chi connectivity index (χ4n) is 2.80. The highest BCUT2D eigenvalue weighted by Gasteiger charge is 2.19. The molecular formula is C16H26N2. The van der Waals surface area contributed by atoms with E-state index in [0.29, 0.717) is 5.92 Å². The van der Waals surface area contributed by atoms with E-state index in [1.807, 2.05) is 0 Å². The van der Waals surface area contributed by atoms with E-state index < -0.39 is 0 Å². The molecule has 0 amide bonds. The van der Waals surface area contributed by atoms with Crippen LogP contribution in [0.2, 0.25) is 0 Å². The summed E-state index contributed by atoms with van der Waals surface area (Å²) in [6.07, 6.45) is 3.81. The largest absolute Gasteiger partial charge is 0.385 e. The maximum atomic E-state index is 3.67. The van der Waals surface area contributed by atoms with Gasteiger partial charge in [-0.2, -0.15) is 0 Å². The minimum absolute atomic E-state index is 0.678. The van der Waals surface area contributed by atoms with Crippen LogP contribution in [-0.2, 0) is 0 Å². The highest BCUT2D eigenvalue weighted by atomic mass is 14.9. The molecule has 2 heteroatoms. The number of hydrogen-bond acceptors (Lipinski definition) is 2. The van der Waals surface area contributed by atoms with Crippen molar-refractivity contribution in [2.75, 3.05) is 25.0 Å². The molecule has 0 saturated heterocycles. The quantitative estimate of drug-likeness (QED) is 0.801. The Labute approximate surface area is 111 Å². The molecular weight excluding hydrogens is 220 g/mol. The molecule has 0 fully saturated rings. The standard InChI is InChI=1S/C16H26N2/c1-3-13(4-2)11-17-12-14-9-10-18-16-8-6-5-7-15(14)16/h5-8,13-14,17-18H,3-4,9-12H2,1-2H3. The molecule has 2 N–H and O–H groups in total. The van der Waals surface area contributed by atoms with Crippen molar-refractivity contribution in [3.63, 3.8) is 0 Å². The number of anilines is 1. The van der Waals surface area contributed by atoms with E-state index in [4.69, 9.17) is 0 Å². The molecule has 18 heavy (non-hydrogen) atoms. The second-order valence-corrected chi connectivity index (χ2v) is 5.34. The Kier molecular flexibility index (Phi) is 5.06. The van der Waals surface area contributed by atoms with Crippen LogP contribution >= 0.6 is 0 Å². The molecule has 0 bridgehead atoms. The molecule has 1 aromatic rings. The first kappa shape index (κ1) is 13.4. The van der Waals surface area contributed by atoms with Gasteiger partial charge in [0.15, 0.2) is 0 Å². The number of rotatable bonds is 6. The summed E-state index contributed by atoms with van der Waals surface area (Å²) in [6, 6.07) is 8.74. The van der Waals surface area contributed by atoms with Gasteiger partial charge in [-0.25, -0.2) is 0 Å². The van der Waals surface area contributed by atoms with E-state index in [-0.39, 0.29) is 0 Å². The number of nitrogens with one attached hydrogen (secondary N) is 2. The lowest BCUT2D eigenvalue weighted by Crippen LogP contribution is -2.30. The summed E-state index contributed by atoms with van der Waals surface area (Å²) in [5.74, 6) is 1.51. The van der Waals surface area contributed by atoms with E-state index in [1.165, 1.54) is 37.1 Å². The lowest BCUT2D eigenvalue weighted by molar-refractivity contribution is 0.433. The molecule has 0 spiro atoms. The maximum absolute atomic E-state index is 3.67. The lowest BCUT2D eigenvalue weighted by Gasteiger charge is -2.27. The normalized spacial score (nSPS) is 18.5. The van der Waals surface area contributed by atoms with Gasteiger partial charge in [-0.3, -0.25) is 0 Å². The molecule has 0 aromatic heterocycles. The summed E-state index contributed by atoms with van der Waals surface area (Å²) in [5, 5.41) is 7.16. The van der Waals surface area contributed by atoms with E-state index in [1.54, 1.807) is 0 Å². The molecule has 100 valence electrons. The SMILES string of the molecule is CCC(CC)CNCC1CCNc2ccccc21. The Balaban J connectivity index is 1.87. The highest BCUT2D eigenvalue weighted by Crippen LogP contribution is 2.30. The summed E-state index contributed by atoms with van der Waals surface area (Å²) in [5.41, 5.74) is 2.82. The Hall–Kier alpha value is -1.02. The molecule has 1 unspecified atom stereocenters. The van der Waals surface area contributed by atoms with Gasteiger partial charge in [0.05, 0.1) is 0 Å². The second-order valence-electron chi connectivity index (χ2n) is 5.34. The Morgan fingerprint density at radius 3 is 2.83 bits per heavy atom. The molecule has 1 aliphatic heterocycles. The number of hydrogen-bond donors (Lipinski definition) is 2. The molecule has 1 atom stereocenters. The van der Waals surface area contributed by atoms with Gasteiger partial charge >= 0.3 is 0 Å². The Morgan fingerprint density at radius 1 is 1.28 bits per heavy atom. The third kappa shape index (κ3) is 3.26. The first-order chi connectivity index (χ1) is 8.85. The van der Waals surface area contributed by atoms with Crippen LogP contribution in [0.1, 0.15) is 44.6 Å². The van der Waals surface area contributed by atoms with Crippen LogP contribution in [0.3, 0.4) is 0 Å². The van der Waals surface area contributed by atoms with Crippen molar-refractivity contribution in [1.29, 1.82) is 0 Å². The third-order valence-corrected chi connectivity index (χ3v) is 4.19. The first-order valence-electron chi connectivity index (χ1n) is 7.38. The Morgan fingerprint density at radius 2 is 2.06 bits per heavy atom. The summed E-state index contributed by atoms with van der Waals surface area (Å²) >= 11 is 0. The fourth-order valence-corrected chi connectivity index (χ4v) is 2.80. The van der Waals surface area contributed by atoms with Gasteiger partial charge in [0.25, 0.3) is 0 Å². The zero-order valence-electron chi connectivity index (χ0n) is 11.7. The topological polar surface area (TPSA) is 24.1 Å². The minimum atomic E-state index is 0.678. The van der Waals surface area contributed by atoms with Crippen molar-refractivity contribution in [2.45, 2.75) is 39.0 Å². The molecule has 1 heterocycles. The van der Waals surface area contributed by atoms with Gasteiger partial charge < -0.3 is 10.6 Å². The van der Waals surface area contributed by atoms with Crippen LogP contribution in [0.5, 0.6) is 0 Å². The summed E-state index contributed by atoms with van der Waals surface area (Å²) in [7, 11) is 0. The van der Waals surface area contributed by atoms with Gasteiger partial charge in [0.2, 0.25) is 0 Å². The van der Waals surface area contributed by atoms with Crippen LogP contribution in [0.4, 0.5) is 5.69 Å². The van der Waals surface area contributed by atoms with Gasteiger partial charge in [0.1, 0.15) is 0 Å². The van der Waals surface area contributed by atoms with E-state index in [2.05, 4.69) is 48.7 Å². The van der Waals surface area contributed by atoms with Crippen LogP contribution < -0.4 is 10.6 Å². The Bertz CT molecular complexity index is 358. The van der Waals surface area contributed by atoms with Crippen LogP contribution in [0.25, 0.3) is 0 Å². The van der Waals surface area contributed by atoms with Crippen molar-refractivity contribution >= 4 is 5.69 Å². The van der Waals surface area contributed by atoms with Crippen molar-refractivity contribution in [2.24, 2.45) is 5.92 Å². The predicted molar refractivity (Wildman–Crippen MR) is 79.2 cm³/mol. The zero-order valence-corrected chi connectivity index (χ0v) is 11.7. The summed E-state index contributed by atoms with van der Waals surface area (Å²) < 4.78 is 0. The number of fused-ring (bicyclic) bond motifs is 1. The average molecular weight is 246 g/mol. The van der Waals surface area contributed by atoms with Gasteiger partial charge in [-0.15, -0.1) is 0 Å². The summed E-state index contributed by atoms with van der Waals surface area (Å²) in [4.78, 5) is 0. The number of para-hydroxylation sites is 1. The predicted octanol–water partition coefficient (Wildman–Crippen LogP) is 3.61. The minimum Gasteiger partial charge on any atom is -0.385 e. The second kappa shape index (κ2) is 6.79. The van der Waals surface area contributed by atoms with Gasteiger partial charge in [-0.1, -0.05) is 44.9 Å². The molecule has 0 radical (unpaired) electrons. The number of benzene rings is 1. The maximum Gasteiger partial charge on any atom is 0.0376 e. The molecule has 1 aromatic carbocycles. The third-order valence-electron chi connectivity index (χ3n) is 4.19. The van der Waals surface area contributed by atoms with Crippen LogP contribution in [0, 0.1) is 5.92 Å². The van der Waals surface area contributed by atoms with E-state index in [9.17, 15) is 0 Å². The van der Waals surface area contributed by atoms with Crippen molar-refractivity contribution < 1.29 is 0 Å². The first-order valence-corrected chi connectivity index (χ1v) is 7.38. The zero-order chi connectivity index (χ0) is 12.8. The fraction of sp³-hybridized carbons (Fsp3) is 0.625. The molecule has 0 aliphatic carbocycles. The molecule has 2 nitrogen and oxygen atoms in total. The van der Waals surface area contributed by atoms with Crippen LogP contribution in [0.15, 0.2) is 24.3 Å². The van der Waals surface area contributed by atoms with E-state index in [0.717, 1.165) is 19.0 Å². The monoisotopic (exact) mass is 246 g/mol. The molecule has 1 aliphatic rings. The smallest absolute Gasteiger partial charge is 0.0376 e. The van der Waals surface area contributed by atoms with Crippen LogP contribution in [-0.4, -0.2) is 19.6 Å². The van der Waals surface area contributed by atoms with E-state index >= 15 is 0 Å². The molecule has 2 rings (SSSR count). The highest BCUT2D eigenvalue weighted by molar-refractivity contribution is 5.54. The van der Waals surface area contributed by atoms with Crippen molar-refractivity contribution in [3.8, 4) is 0 Å². The van der Waals surface area contributed by atoms with Gasteiger partial charge in [0, 0.05) is 24.7 Å². The van der Waals surface area contributed by atoms with Gasteiger partial charge in [-0.05, 0) is 30.5 Å². The molecule has 0 saturated carbocycles. The summed E-state index contributed by atoms with van der Waals surface area (Å²) in [6.45, 7) is 7.97. The van der Waals surface area contributed by atoms with Crippen molar-refractivity contribution in [3.05, 3.63) is 29.8 Å². The lowest BCUT2D eigenvalue weighted by atomic mass is 9.91.